The second kappa shape index (κ2) is 15.2. The number of hydrogen-bond acceptors (Lipinski definition) is 7. The zero-order chi connectivity index (χ0) is 34.4. The molecule has 1 aliphatic rings. The van der Waals surface area contributed by atoms with Gasteiger partial charge in [-0.15, -0.1) is 0 Å². The summed E-state index contributed by atoms with van der Waals surface area (Å²) in [5, 5.41) is 5.07. The molecule has 0 fully saturated rings. The predicted octanol–water partition coefficient (Wildman–Crippen LogP) is 7.49. The lowest BCUT2D eigenvalue weighted by Gasteiger charge is -2.18. The van der Waals surface area contributed by atoms with Crippen molar-refractivity contribution in [2.75, 3.05) is 27.9 Å². The van der Waals surface area contributed by atoms with Gasteiger partial charge in [-0.05, 0) is 79.2 Å². The molecule has 0 saturated carbocycles. The maximum Gasteiger partial charge on any atom is 0.338 e. The number of carbonyl (C=O) groups excluding carboxylic acids is 4. The van der Waals surface area contributed by atoms with Gasteiger partial charge in [-0.1, -0.05) is 64.8 Å². The number of nitrogens with zero attached hydrogens (tertiary/aromatic N) is 2. The van der Waals surface area contributed by atoms with Crippen molar-refractivity contribution in [2.45, 2.75) is 6.92 Å². The van der Waals surface area contributed by atoms with E-state index >= 15 is 0 Å². The number of rotatable bonds is 9. The van der Waals surface area contributed by atoms with Gasteiger partial charge in [0.05, 0.1) is 27.0 Å². The molecule has 0 spiro atoms. The van der Waals surface area contributed by atoms with Crippen LogP contribution >= 0.6 is 35.0 Å². The van der Waals surface area contributed by atoms with E-state index < -0.39 is 41.9 Å². The van der Waals surface area contributed by atoms with E-state index in [9.17, 15) is 28.0 Å². The van der Waals surface area contributed by atoms with Crippen molar-refractivity contribution in [3.05, 3.63) is 129 Å². The summed E-state index contributed by atoms with van der Waals surface area (Å²) in [7, 11) is 0. The number of carbonyl (C=O) groups is 4. The van der Waals surface area contributed by atoms with Crippen molar-refractivity contribution in [1.29, 1.82) is 0 Å². The van der Waals surface area contributed by atoms with Crippen LogP contribution < -0.4 is 15.5 Å². The van der Waals surface area contributed by atoms with E-state index in [1.54, 1.807) is 24.3 Å². The number of halogens is 4. The highest BCUT2D eigenvalue weighted by atomic mass is 35.5. The van der Waals surface area contributed by atoms with Crippen molar-refractivity contribution in [2.24, 2.45) is 4.99 Å². The average Bonchev–Trinajstić information content (AvgIpc) is 3.37. The molecular formula is C34H24Cl2F2N4O5S. The minimum absolute atomic E-state index is 0.0942. The summed E-state index contributed by atoms with van der Waals surface area (Å²) in [6.45, 7) is 1.32. The Morgan fingerprint density at radius 1 is 0.854 bits per heavy atom. The topological polar surface area (TPSA) is 117 Å². The van der Waals surface area contributed by atoms with Gasteiger partial charge >= 0.3 is 5.97 Å². The van der Waals surface area contributed by atoms with Gasteiger partial charge < -0.3 is 15.4 Å². The number of esters is 1. The second-order valence-electron chi connectivity index (χ2n) is 10.2. The quantitative estimate of drug-likeness (QED) is 0.137. The van der Waals surface area contributed by atoms with Crippen LogP contribution in [-0.2, 0) is 19.1 Å². The summed E-state index contributed by atoms with van der Waals surface area (Å²) in [5.41, 5.74) is 2.89. The molecule has 244 valence electrons. The lowest BCUT2D eigenvalue weighted by molar-refractivity contribution is -0.119. The second-order valence-corrected chi connectivity index (χ2v) is 12.0. The first kappa shape index (κ1) is 34.3. The summed E-state index contributed by atoms with van der Waals surface area (Å²) in [4.78, 5) is 56.8. The highest BCUT2D eigenvalue weighted by Crippen LogP contribution is 2.30. The number of aryl methyl sites for hydroxylation is 1. The first-order chi connectivity index (χ1) is 23.0. The lowest BCUT2D eigenvalue weighted by atomic mass is 10.1. The maximum absolute atomic E-state index is 13.5. The molecule has 0 aliphatic carbocycles. The largest absolute Gasteiger partial charge is 0.452 e. The van der Waals surface area contributed by atoms with Gasteiger partial charge in [0.1, 0.15) is 17.3 Å². The van der Waals surface area contributed by atoms with Gasteiger partial charge in [-0.2, -0.15) is 0 Å². The molecule has 0 saturated heterocycles. The van der Waals surface area contributed by atoms with E-state index in [1.807, 2.05) is 19.1 Å². The van der Waals surface area contributed by atoms with Gasteiger partial charge in [0.25, 0.3) is 11.8 Å². The molecular weight excluding hydrogens is 685 g/mol. The monoisotopic (exact) mass is 708 g/mol. The number of aliphatic imine (C=N–C) groups is 1. The van der Waals surface area contributed by atoms with Crippen LogP contribution in [0.5, 0.6) is 0 Å². The van der Waals surface area contributed by atoms with E-state index in [1.165, 1.54) is 47.4 Å². The summed E-state index contributed by atoms with van der Waals surface area (Å²) in [5.74, 6) is -3.61. The van der Waals surface area contributed by atoms with Crippen LogP contribution in [0.1, 0.15) is 21.5 Å². The Morgan fingerprint density at radius 2 is 1.44 bits per heavy atom. The van der Waals surface area contributed by atoms with Crippen LogP contribution in [0.25, 0.3) is 6.08 Å². The lowest BCUT2D eigenvalue weighted by Crippen LogP contribution is -2.31. The van der Waals surface area contributed by atoms with Crippen LogP contribution in [0.2, 0.25) is 10.0 Å². The highest BCUT2D eigenvalue weighted by Gasteiger charge is 2.32. The van der Waals surface area contributed by atoms with Crippen LogP contribution in [0.4, 0.5) is 25.8 Å². The third-order valence-electron chi connectivity index (χ3n) is 6.64. The van der Waals surface area contributed by atoms with Crippen molar-refractivity contribution in [3.63, 3.8) is 0 Å². The number of amides is 3. The molecule has 48 heavy (non-hydrogen) atoms. The Hall–Kier alpha value is -5.04. The normalized spacial score (nSPS) is 13.4. The number of ether oxygens (including phenoxy) is 1. The molecule has 0 unspecified atom stereocenters. The van der Waals surface area contributed by atoms with Crippen LogP contribution in [-0.4, -0.2) is 41.2 Å². The molecule has 0 atom stereocenters. The Bertz CT molecular complexity index is 1970. The van der Waals surface area contributed by atoms with E-state index in [0.29, 0.717) is 16.9 Å². The molecule has 2 N–H and O–H groups in total. The number of benzene rings is 4. The average molecular weight is 710 g/mol. The van der Waals surface area contributed by atoms with Crippen LogP contribution in [0.15, 0.2) is 95.6 Å². The summed E-state index contributed by atoms with van der Waals surface area (Å²) >= 11 is 12.6. The van der Waals surface area contributed by atoms with Crippen molar-refractivity contribution >= 4 is 87.0 Å². The smallest absolute Gasteiger partial charge is 0.338 e. The van der Waals surface area contributed by atoms with Crippen molar-refractivity contribution < 1.29 is 32.7 Å². The highest BCUT2D eigenvalue weighted by molar-refractivity contribution is 8.14. The predicted molar refractivity (Wildman–Crippen MR) is 183 cm³/mol. The van der Waals surface area contributed by atoms with Gasteiger partial charge in [0.15, 0.2) is 11.8 Å². The number of nitrogens with one attached hydrogen (secondary N) is 2. The maximum atomic E-state index is 13.5. The third kappa shape index (κ3) is 8.65. The fourth-order valence-corrected chi connectivity index (χ4v) is 5.45. The molecule has 1 heterocycles. The van der Waals surface area contributed by atoms with Crippen LogP contribution in [0.3, 0.4) is 0 Å². The fourth-order valence-electron chi connectivity index (χ4n) is 4.27. The van der Waals surface area contributed by atoms with Gasteiger partial charge in [0.2, 0.25) is 5.91 Å². The van der Waals surface area contributed by atoms with E-state index in [-0.39, 0.29) is 37.9 Å². The molecule has 0 aromatic heterocycles. The van der Waals surface area contributed by atoms with Crippen LogP contribution in [0, 0.1) is 18.6 Å². The standard InChI is InChI=1S/C34H24Cl2F2N4O5S/c1-19-2-10-24(11-3-19)42-32(45)29(41-34(42)48-18-31(44)40-23-9-13-28(38)26(36)16-23)14-20-4-6-21(7-5-20)33(46)47-17-30(43)39-22-8-12-27(37)25(35)15-22/h2-16H,17-18H2,1H3,(H,39,43)(H,40,44)/b29-14-. The Kier molecular flexibility index (Phi) is 10.9. The molecule has 9 nitrogen and oxygen atoms in total. The Balaban J connectivity index is 1.25. The Morgan fingerprint density at radius 3 is 2.02 bits per heavy atom. The zero-order valence-electron chi connectivity index (χ0n) is 24.9. The van der Waals surface area contributed by atoms with Gasteiger partial charge in [0, 0.05) is 11.4 Å². The molecule has 3 amide bonds. The summed E-state index contributed by atoms with van der Waals surface area (Å²) in [6, 6.07) is 20.8. The first-order valence-corrected chi connectivity index (χ1v) is 15.8. The Labute approximate surface area is 287 Å². The minimum atomic E-state index is -0.762. The van der Waals surface area contributed by atoms with E-state index in [0.717, 1.165) is 29.5 Å². The van der Waals surface area contributed by atoms with Crippen molar-refractivity contribution in [3.8, 4) is 0 Å². The third-order valence-corrected chi connectivity index (χ3v) is 8.16. The zero-order valence-corrected chi connectivity index (χ0v) is 27.3. The molecule has 0 radical (unpaired) electrons. The molecule has 5 rings (SSSR count). The fraction of sp³-hybridized carbons (Fsp3) is 0.0882. The molecule has 0 bridgehead atoms. The number of thioether (sulfide) groups is 1. The molecule has 4 aromatic rings. The number of anilines is 3. The SMILES string of the molecule is Cc1ccc(N2C(=O)/C(=C/c3ccc(C(=O)OCC(=O)Nc4ccc(F)c(Cl)c4)cc3)N=C2SCC(=O)Nc2ccc(F)c(Cl)c2)cc1. The number of hydrogen-bond donors (Lipinski definition) is 2. The van der Waals surface area contributed by atoms with Gasteiger partial charge in [-0.3, -0.25) is 19.3 Å². The molecule has 4 aromatic carbocycles. The van der Waals surface area contributed by atoms with Gasteiger partial charge in [-0.25, -0.2) is 18.6 Å². The number of amidine groups is 1. The van der Waals surface area contributed by atoms with E-state index in [4.69, 9.17) is 27.9 Å². The summed E-state index contributed by atoms with van der Waals surface area (Å²) in [6.07, 6.45) is 1.54. The molecule has 14 heteroatoms. The summed E-state index contributed by atoms with van der Waals surface area (Å²) < 4.78 is 31.9. The van der Waals surface area contributed by atoms with Crippen molar-refractivity contribution in [1.82, 2.24) is 0 Å². The molecule has 1 aliphatic heterocycles. The first-order valence-electron chi connectivity index (χ1n) is 14.1. The minimum Gasteiger partial charge on any atom is -0.452 e. The van der Waals surface area contributed by atoms with E-state index in [2.05, 4.69) is 15.6 Å².